The molecule has 0 aliphatic rings. The average molecular weight is 420 g/mol. The minimum atomic E-state index is -3.65. The van der Waals surface area contributed by atoms with E-state index in [0.717, 1.165) is 22.5 Å². The SMILES string of the molecule is Cc1ccc([N+](=O)[O-])cc1N(CCCC(=O)NCCc1ccccc1)S(C)(=O)=O. The van der Waals surface area contributed by atoms with Gasteiger partial charge in [-0.1, -0.05) is 36.4 Å². The molecule has 0 radical (unpaired) electrons. The Morgan fingerprint density at radius 2 is 1.86 bits per heavy atom. The van der Waals surface area contributed by atoms with Gasteiger partial charge in [-0.05, 0) is 30.9 Å². The molecule has 9 heteroatoms. The zero-order valence-corrected chi connectivity index (χ0v) is 17.3. The third-order valence-corrected chi connectivity index (χ3v) is 5.60. The number of nitrogens with one attached hydrogen (secondary N) is 1. The number of carbonyl (C=O) groups is 1. The van der Waals surface area contributed by atoms with Crippen LogP contribution in [0.4, 0.5) is 11.4 Å². The molecule has 2 aromatic rings. The highest BCUT2D eigenvalue weighted by Crippen LogP contribution is 2.27. The lowest BCUT2D eigenvalue weighted by Crippen LogP contribution is -2.33. The number of benzene rings is 2. The molecule has 1 N–H and O–H groups in total. The van der Waals surface area contributed by atoms with Crippen molar-refractivity contribution in [2.24, 2.45) is 0 Å². The Labute approximate surface area is 170 Å². The van der Waals surface area contributed by atoms with Crippen molar-refractivity contribution >= 4 is 27.3 Å². The molecule has 0 atom stereocenters. The quantitative estimate of drug-likeness (QED) is 0.470. The number of hydrogen-bond acceptors (Lipinski definition) is 5. The maximum absolute atomic E-state index is 12.2. The molecule has 0 bridgehead atoms. The van der Waals surface area contributed by atoms with Crippen LogP contribution in [0.5, 0.6) is 0 Å². The van der Waals surface area contributed by atoms with Gasteiger partial charge >= 0.3 is 0 Å². The average Bonchev–Trinajstić information content (AvgIpc) is 2.66. The Bertz CT molecular complexity index is 961. The lowest BCUT2D eigenvalue weighted by atomic mass is 10.1. The predicted octanol–water partition coefficient (Wildman–Crippen LogP) is 2.81. The fourth-order valence-corrected chi connectivity index (χ4v) is 3.92. The number of nitro benzene ring substituents is 1. The van der Waals surface area contributed by atoms with Gasteiger partial charge in [-0.15, -0.1) is 0 Å². The second-order valence-electron chi connectivity index (χ2n) is 6.75. The van der Waals surface area contributed by atoms with E-state index in [2.05, 4.69) is 5.32 Å². The summed E-state index contributed by atoms with van der Waals surface area (Å²) in [5, 5.41) is 13.9. The van der Waals surface area contributed by atoms with Crippen LogP contribution in [0.15, 0.2) is 48.5 Å². The number of nitro groups is 1. The third kappa shape index (κ3) is 6.86. The molecular formula is C20H25N3O5S. The summed E-state index contributed by atoms with van der Waals surface area (Å²) in [6.45, 7) is 2.25. The van der Waals surface area contributed by atoms with Crippen molar-refractivity contribution in [3.8, 4) is 0 Å². The number of nitrogens with zero attached hydrogens (tertiary/aromatic N) is 2. The molecule has 2 rings (SSSR count). The van der Waals surface area contributed by atoms with Crippen LogP contribution in [0.25, 0.3) is 0 Å². The predicted molar refractivity (Wildman–Crippen MR) is 112 cm³/mol. The van der Waals surface area contributed by atoms with Crippen LogP contribution in [0.1, 0.15) is 24.0 Å². The van der Waals surface area contributed by atoms with E-state index in [0.29, 0.717) is 18.5 Å². The molecular weight excluding hydrogens is 394 g/mol. The fourth-order valence-electron chi connectivity index (χ4n) is 2.91. The Kier molecular flexibility index (Phi) is 7.72. The molecule has 2 aromatic carbocycles. The van der Waals surface area contributed by atoms with E-state index in [9.17, 15) is 23.3 Å². The molecule has 0 aromatic heterocycles. The van der Waals surface area contributed by atoms with Gasteiger partial charge in [-0.2, -0.15) is 0 Å². The topological polar surface area (TPSA) is 110 Å². The number of amides is 1. The lowest BCUT2D eigenvalue weighted by molar-refractivity contribution is -0.384. The highest BCUT2D eigenvalue weighted by molar-refractivity contribution is 7.92. The first kappa shape index (κ1) is 22.4. The molecule has 1 amide bonds. The summed E-state index contributed by atoms with van der Waals surface area (Å²) >= 11 is 0. The first-order valence-corrected chi connectivity index (χ1v) is 11.1. The van der Waals surface area contributed by atoms with Gasteiger partial charge in [-0.3, -0.25) is 19.2 Å². The molecule has 156 valence electrons. The van der Waals surface area contributed by atoms with E-state index in [1.54, 1.807) is 6.92 Å². The number of sulfonamides is 1. The van der Waals surface area contributed by atoms with Crippen molar-refractivity contribution in [2.45, 2.75) is 26.2 Å². The lowest BCUT2D eigenvalue weighted by Gasteiger charge is -2.24. The highest BCUT2D eigenvalue weighted by atomic mass is 32.2. The number of hydrogen-bond donors (Lipinski definition) is 1. The third-order valence-electron chi connectivity index (χ3n) is 4.42. The number of carbonyl (C=O) groups excluding carboxylic acids is 1. The molecule has 29 heavy (non-hydrogen) atoms. The fraction of sp³-hybridized carbons (Fsp3) is 0.350. The molecule has 0 aliphatic heterocycles. The van der Waals surface area contributed by atoms with E-state index < -0.39 is 14.9 Å². The summed E-state index contributed by atoms with van der Waals surface area (Å²) in [4.78, 5) is 22.5. The normalized spacial score (nSPS) is 11.1. The Morgan fingerprint density at radius 3 is 2.48 bits per heavy atom. The van der Waals surface area contributed by atoms with Crippen LogP contribution < -0.4 is 9.62 Å². The first-order chi connectivity index (χ1) is 13.7. The number of rotatable bonds is 10. The first-order valence-electron chi connectivity index (χ1n) is 9.22. The summed E-state index contributed by atoms with van der Waals surface area (Å²) in [6, 6.07) is 13.9. The van der Waals surface area contributed by atoms with Crippen LogP contribution in [-0.4, -0.2) is 38.6 Å². The van der Waals surface area contributed by atoms with Gasteiger partial charge in [0.1, 0.15) is 0 Å². The maximum atomic E-state index is 12.2. The van der Waals surface area contributed by atoms with Gasteiger partial charge in [0.2, 0.25) is 15.9 Å². The molecule has 0 fully saturated rings. The minimum Gasteiger partial charge on any atom is -0.356 e. The van der Waals surface area contributed by atoms with Crippen molar-refractivity contribution in [3.05, 3.63) is 69.8 Å². The Balaban J connectivity index is 1.94. The van der Waals surface area contributed by atoms with Gasteiger partial charge in [0.05, 0.1) is 16.9 Å². The zero-order valence-electron chi connectivity index (χ0n) is 16.5. The second-order valence-corrected chi connectivity index (χ2v) is 8.66. The summed E-state index contributed by atoms with van der Waals surface area (Å²) in [5.41, 5.74) is 1.80. The zero-order chi connectivity index (χ0) is 21.4. The van der Waals surface area contributed by atoms with E-state index >= 15 is 0 Å². The van der Waals surface area contributed by atoms with Crippen LogP contribution >= 0.6 is 0 Å². The van der Waals surface area contributed by atoms with Crippen LogP contribution in [0, 0.1) is 17.0 Å². The number of non-ortho nitro benzene ring substituents is 1. The Hall–Kier alpha value is -2.94. The van der Waals surface area contributed by atoms with Crippen molar-refractivity contribution in [1.82, 2.24) is 5.32 Å². The van der Waals surface area contributed by atoms with Gasteiger partial charge in [0.15, 0.2) is 0 Å². The second kappa shape index (κ2) is 10.0. The van der Waals surface area contributed by atoms with Crippen LogP contribution in [0.2, 0.25) is 0 Å². The molecule has 0 unspecified atom stereocenters. The smallest absolute Gasteiger partial charge is 0.271 e. The molecule has 8 nitrogen and oxygen atoms in total. The standard InChI is InChI=1S/C20H25N3O5S/c1-16-10-11-18(23(25)26)15-19(16)22(29(2,27)28)14-6-9-20(24)21-13-12-17-7-4-3-5-8-17/h3-5,7-8,10-11,15H,6,9,12-14H2,1-2H3,(H,21,24). The number of aryl methyl sites for hydroxylation is 1. The van der Waals surface area contributed by atoms with Crippen LogP contribution in [-0.2, 0) is 21.2 Å². The summed E-state index contributed by atoms with van der Waals surface area (Å²) in [6.07, 6.45) is 2.22. The molecule has 0 aliphatic carbocycles. The Morgan fingerprint density at radius 1 is 1.17 bits per heavy atom. The monoisotopic (exact) mass is 419 g/mol. The van der Waals surface area contributed by atoms with Crippen molar-refractivity contribution in [3.63, 3.8) is 0 Å². The van der Waals surface area contributed by atoms with Crippen molar-refractivity contribution in [2.75, 3.05) is 23.7 Å². The summed E-state index contributed by atoms with van der Waals surface area (Å²) in [7, 11) is -3.65. The van der Waals surface area contributed by atoms with E-state index in [-0.39, 0.29) is 30.2 Å². The summed E-state index contributed by atoms with van der Waals surface area (Å²) in [5.74, 6) is -0.162. The van der Waals surface area contributed by atoms with E-state index in [4.69, 9.17) is 0 Å². The van der Waals surface area contributed by atoms with E-state index in [1.807, 2.05) is 30.3 Å². The maximum Gasteiger partial charge on any atom is 0.271 e. The largest absolute Gasteiger partial charge is 0.356 e. The molecule has 0 heterocycles. The van der Waals surface area contributed by atoms with Gasteiger partial charge < -0.3 is 5.32 Å². The molecule has 0 saturated heterocycles. The summed E-state index contributed by atoms with van der Waals surface area (Å²) < 4.78 is 25.6. The van der Waals surface area contributed by atoms with Crippen LogP contribution in [0.3, 0.4) is 0 Å². The minimum absolute atomic E-state index is 0.0624. The molecule has 0 saturated carbocycles. The van der Waals surface area contributed by atoms with Crippen molar-refractivity contribution in [1.29, 1.82) is 0 Å². The number of anilines is 1. The van der Waals surface area contributed by atoms with Crippen molar-refractivity contribution < 1.29 is 18.1 Å². The highest BCUT2D eigenvalue weighted by Gasteiger charge is 2.21. The van der Waals surface area contributed by atoms with E-state index in [1.165, 1.54) is 18.2 Å². The van der Waals surface area contributed by atoms with Gasteiger partial charge in [0, 0.05) is 31.6 Å². The molecule has 0 spiro atoms. The van der Waals surface area contributed by atoms with Gasteiger partial charge in [0.25, 0.3) is 5.69 Å². The van der Waals surface area contributed by atoms with Gasteiger partial charge in [-0.25, -0.2) is 8.42 Å².